The first kappa shape index (κ1) is 27.3. The molecule has 0 heterocycles. The fourth-order valence-electron chi connectivity index (χ4n) is 3.67. The minimum Gasteiger partial charge on any atom is -0.503 e. The maximum Gasteiger partial charge on any atom is 0.410 e. The number of nitrogens with zero attached hydrogens (tertiary/aromatic N) is 4. The molecule has 0 aliphatic heterocycles. The third-order valence-electron chi connectivity index (χ3n) is 5.63. The molecular weight excluding hydrogens is 516 g/mol. The highest BCUT2D eigenvalue weighted by Gasteiger charge is 2.12. The standard InChI is InChI=1S/C28H24N6O6/c1-15-13-17(9-11-19(15)31-33-21-5-3-7-23(25(21)35)39-27(29)37)18-10-12-20(16(2)14-18)32-34-22-6-4-8-24(26(22)36)40-28(30)38/h3-14,35-36H,1-2H3,(H2,29,37)(H2,30,38). The summed E-state index contributed by atoms with van der Waals surface area (Å²) < 4.78 is 9.49. The molecule has 0 unspecified atom stereocenters. The smallest absolute Gasteiger partial charge is 0.410 e. The molecule has 0 aliphatic rings. The molecule has 0 saturated carbocycles. The van der Waals surface area contributed by atoms with E-state index in [1.54, 1.807) is 24.3 Å². The Kier molecular flexibility index (Phi) is 7.99. The van der Waals surface area contributed by atoms with Crippen molar-refractivity contribution < 1.29 is 29.3 Å². The van der Waals surface area contributed by atoms with E-state index >= 15 is 0 Å². The van der Waals surface area contributed by atoms with E-state index in [9.17, 15) is 19.8 Å². The van der Waals surface area contributed by atoms with E-state index in [0.717, 1.165) is 22.3 Å². The highest BCUT2D eigenvalue weighted by molar-refractivity contribution is 5.73. The number of amides is 2. The monoisotopic (exact) mass is 540 g/mol. The number of carbonyl (C=O) groups is 2. The van der Waals surface area contributed by atoms with Crippen LogP contribution >= 0.6 is 0 Å². The molecule has 0 saturated heterocycles. The van der Waals surface area contributed by atoms with Gasteiger partial charge >= 0.3 is 12.2 Å². The summed E-state index contributed by atoms with van der Waals surface area (Å²) in [5, 5.41) is 37.1. The van der Waals surface area contributed by atoms with E-state index in [2.05, 4.69) is 20.5 Å². The molecule has 12 heteroatoms. The van der Waals surface area contributed by atoms with Crippen LogP contribution in [0.5, 0.6) is 23.0 Å². The SMILES string of the molecule is Cc1cc(-c2ccc(N=Nc3cccc(OC(N)=O)c3O)c(C)c2)ccc1N=Nc1cccc(OC(N)=O)c1O. The molecule has 0 spiro atoms. The van der Waals surface area contributed by atoms with Crippen LogP contribution in [0.3, 0.4) is 0 Å². The van der Waals surface area contributed by atoms with Crippen LogP contribution < -0.4 is 20.9 Å². The molecule has 0 atom stereocenters. The number of hydrogen-bond donors (Lipinski definition) is 4. The Hall–Kier alpha value is -5.78. The lowest BCUT2D eigenvalue weighted by molar-refractivity contribution is 0.208. The van der Waals surface area contributed by atoms with E-state index in [1.807, 2.05) is 38.1 Å². The van der Waals surface area contributed by atoms with Crippen molar-refractivity contribution in [1.82, 2.24) is 0 Å². The number of carbonyl (C=O) groups excluding carboxylic acids is 2. The van der Waals surface area contributed by atoms with E-state index in [1.165, 1.54) is 24.3 Å². The summed E-state index contributed by atoms with van der Waals surface area (Å²) in [6.07, 6.45) is -2.10. The third kappa shape index (κ3) is 6.37. The molecule has 4 rings (SSSR count). The number of primary amides is 2. The number of azo groups is 2. The molecule has 0 aliphatic carbocycles. The summed E-state index contributed by atoms with van der Waals surface area (Å²) in [6, 6.07) is 20.1. The van der Waals surface area contributed by atoms with Gasteiger partial charge in [0.05, 0.1) is 11.4 Å². The Morgan fingerprint density at radius 1 is 0.600 bits per heavy atom. The molecule has 0 radical (unpaired) electrons. The van der Waals surface area contributed by atoms with E-state index < -0.39 is 12.2 Å². The van der Waals surface area contributed by atoms with Crippen molar-refractivity contribution in [2.24, 2.45) is 31.9 Å². The largest absolute Gasteiger partial charge is 0.503 e. The Morgan fingerprint density at radius 2 is 0.975 bits per heavy atom. The minimum absolute atomic E-state index is 0.114. The summed E-state index contributed by atoms with van der Waals surface area (Å²) in [4.78, 5) is 22.0. The van der Waals surface area contributed by atoms with Gasteiger partial charge in [0.1, 0.15) is 11.4 Å². The van der Waals surface area contributed by atoms with E-state index in [0.29, 0.717) is 11.4 Å². The van der Waals surface area contributed by atoms with Gasteiger partial charge in [-0.3, -0.25) is 0 Å². The number of phenolic OH excluding ortho intramolecular Hbond substituents is 2. The van der Waals surface area contributed by atoms with Crippen LogP contribution in [0, 0.1) is 13.8 Å². The molecule has 0 bridgehead atoms. The molecule has 202 valence electrons. The zero-order valence-corrected chi connectivity index (χ0v) is 21.4. The van der Waals surface area contributed by atoms with Crippen LogP contribution in [-0.2, 0) is 0 Å². The maximum absolute atomic E-state index is 11.0. The van der Waals surface area contributed by atoms with Gasteiger partial charge in [-0.15, -0.1) is 10.2 Å². The first-order chi connectivity index (χ1) is 19.1. The number of aryl methyl sites for hydroxylation is 2. The number of nitrogens with two attached hydrogens (primary N) is 2. The van der Waals surface area contributed by atoms with Gasteiger partial charge in [0, 0.05) is 0 Å². The van der Waals surface area contributed by atoms with Crippen molar-refractivity contribution in [3.63, 3.8) is 0 Å². The van der Waals surface area contributed by atoms with Gasteiger partial charge in [-0.25, -0.2) is 9.59 Å². The van der Waals surface area contributed by atoms with Crippen molar-refractivity contribution in [3.05, 3.63) is 83.9 Å². The fourth-order valence-corrected chi connectivity index (χ4v) is 3.67. The van der Waals surface area contributed by atoms with Crippen LogP contribution in [-0.4, -0.2) is 22.4 Å². The highest BCUT2D eigenvalue weighted by Crippen LogP contribution is 2.39. The molecular formula is C28H24N6O6. The van der Waals surface area contributed by atoms with Gasteiger partial charge in [-0.05, 0) is 84.6 Å². The van der Waals surface area contributed by atoms with Gasteiger partial charge in [-0.2, -0.15) is 10.2 Å². The van der Waals surface area contributed by atoms with Crippen LogP contribution in [0.15, 0.2) is 93.3 Å². The molecule has 2 amide bonds. The van der Waals surface area contributed by atoms with Crippen molar-refractivity contribution >= 4 is 34.9 Å². The molecule has 4 aromatic rings. The number of aromatic hydroxyl groups is 2. The number of ether oxygens (including phenoxy) is 2. The topological polar surface area (TPSA) is 195 Å². The molecule has 0 aromatic heterocycles. The number of hydrogen-bond acceptors (Lipinski definition) is 10. The van der Waals surface area contributed by atoms with Crippen LogP contribution in [0.2, 0.25) is 0 Å². The van der Waals surface area contributed by atoms with Crippen molar-refractivity contribution in [1.29, 1.82) is 0 Å². The molecule has 40 heavy (non-hydrogen) atoms. The van der Waals surface area contributed by atoms with Crippen molar-refractivity contribution in [2.75, 3.05) is 0 Å². The fraction of sp³-hybridized carbons (Fsp3) is 0.0714. The number of rotatable bonds is 7. The molecule has 4 aromatic carbocycles. The summed E-state index contributed by atoms with van der Waals surface area (Å²) in [5.41, 5.74) is 14.9. The Bertz CT molecular complexity index is 1540. The second-order valence-electron chi connectivity index (χ2n) is 8.49. The van der Waals surface area contributed by atoms with E-state index in [4.69, 9.17) is 20.9 Å². The quantitative estimate of drug-likeness (QED) is 0.180. The number of para-hydroxylation sites is 2. The average Bonchev–Trinajstić information content (AvgIpc) is 2.90. The van der Waals surface area contributed by atoms with Gasteiger partial charge in [0.25, 0.3) is 0 Å². The lowest BCUT2D eigenvalue weighted by Crippen LogP contribution is -2.16. The van der Waals surface area contributed by atoms with Gasteiger partial charge < -0.3 is 31.2 Å². The second kappa shape index (κ2) is 11.7. The molecule has 0 fully saturated rings. The molecule has 6 N–H and O–H groups in total. The summed E-state index contributed by atoms with van der Waals surface area (Å²) in [5.74, 6) is -0.934. The lowest BCUT2D eigenvalue weighted by Gasteiger charge is -2.08. The Morgan fingerprint density at radius 3 is 1.32 bits per heavy atom. The van der Waals surface area contributed by atoms with Gasteiger partial charge in [0.2, 0.25) is 0 Å². The lowest BCUT2D eigenvalue weighted by atomic mass is 10.0. The summed E-state index contributed by atoms with van der Waals surface area (Å²) in [6.45, 7) is 3.75. The van der Waals surface area contributed by atoms with Crippen molar-refractivity contribution in [2.45, 2.75) is 13.8 Å². The number of phenols is 2. The van der Waals surface area contributed by atoms with Gasteiger partial charge in [0.15, 0.2) is 23.0 Å². The van der Waals surface area contributed by atoms with Crippen LogP contribution in [0.4, 0.5) is 32.3 Å². The Balaban J connectivity index is 1.52. The average molecular weight is 541 g/mol. The maximum atomic E-state index is 11.0. The van der Waals surface area contributed by atoms with Crippen LogP contribution in [0.1, 0.15) is 11.1 Å². The van der Waals surface area contributed by atoms with Crippen LogP contribution in [0.25, 0.3) is 11.1 Å². The Labute approximate surface area is 228 Å². The predicted octanol–water partition coefficient (Wildman–Crippen LogP) is 7.13. The summed E-state index contributed by atoms with van der Waals surface area (Å²) in [7, 11) is 0. The third-order valence-corrected chi connectivity index (χ3v) is 5.63. The normalized spacial score (nSPS) is 11.2. The van der Waals surface area contributed by atoms with Gasteiger partial charge in [-0.1, -0.05) is 24.3 Å². The minimum atomic E-state index is -1.05. The predicted molar refractivity (Wildman–Crippen MR) is 146 cm³/mol. The summed E-state index contributed by atoms with van der Waals surface area (Å²) >= 11 is 0. The first-order valence-electron chi connectivity index (χ1n) is 11.8. The first-order valence-corrected chi connectivity index (χ1v) is 11.8. The van der Waals surface area contributed by atoms with Crippen molar-refractivity contribution in [3.8, 4) is 34.1 Å². The highest BCUT2D eigenvalue weighted by atomic mass is 16.6. The second-order valence-corrected chi connectivity index (χ2v) is 8.49. The van der Waals surface area contributed by atoms with E-state index in [-0.39, 0.29) is 34.4 Å². The zero-order chi connectivity index (χ0) is 28.8. The zero-order valence-electron chi connectivity index (χ0n) is 21.4. The number of benzene rings is 4. The molecule has 12 nitrogen and oxygen atoms in total.